The monoisotopic (exact) mass is 296 g/mol. The van der Waals surface area contributed by atoms with Crippen LogP contribution >= 0.6 is 0 Å². The maximum atomic E-state index is 13.1. The van der Waals surface area contributed by atoms with Crippen molar-refractivity contribution < 1.29 is 17.3 Å². The largest absolute Gasteiger partial charge is 0.338 e. The SMILES string of the molecule is Cc1noc(CNS(=O)(=O)c2ccc(F)c(C#N)c2)n1. The van der Waals surface area contributed by atoms with E-state index in [2.05, 4.69) is 14.9 Å². The lowest BCUT2D eigenvalue weighted by Crippen LogP contribution is -2.23. The number of sulfonamides is 1. The van der Waals surface area contributed by atoms with Crippen LogP contribution in [-0.4, -0.2) is 18.6 Å². The minimum absolute atomic E-state index is 0.105. The van der Waals surface area contributed by atoms with Crippen molar-refractivity contribution >= 4 is 10.0 Å². The van der Waals surface area contributed by atoms with Gasteiger partial charge in [0.2, 0.25) is 15.9 Å². The van der Waals surface area contributed by atoms with E-state index in [0.717, 1.165) is 18.2 Å². The van der Waals surface area contributed by atoms with E-state index in [1.54, 1.807) is 13.0 Å². The van der Waals surface area contributed by atoms with Gasteiger partial charge in [-0.25, -0.2) is 17.5 Å². The molecule has 1 aromatic carbocycles. The second-order valence-corrected chi connectivity index (χ2v) is 5.58. The molecule has 0 amide bonds. The zero-order valence-corrected chi connectivity index (χ0v) is 11.1. The molecule has 2 rings (SSSR count). The van der Waals surface area contributed by atoms with Gasteiger partial charge in [-0.05, 0) is 25.1 Å². The first-order chi connectivity index (χ1) is 9.42. The average molecular weight is 296 g/mol. The highest BCUT2D eigenvalue weighted by atomic mass is 32.2. The highest BCUT2D eigenvalue weighted by Gasteiger charge is 2.17. The molecule has 2 aromatic rings. The van der Waals surface area contributed by atoms with Crippen molar-refractivity contribution in [2.45, 2.75) is 18.4 Å². The van der Waals surface area contributed by atoms with Crippen LogP contribution in [0.25, 0.3) is 0 Å². The summed E-state index contributed by atoms with van der Waals surface area (Å²) in [4.78, 5) is 3.62. The Balaban J connectivity index is 2.20. The molecule has 20 heavy (non-hydrogen) atoms. The smallest absolute Gasteiger partial charge is 0.241 e. The molecule has 1 aromatic heterocycles. The Labute approximate surface area is 114 Å². The number of hydrogen-bond donors (Lipinski definition) is 1. The molecular weight excluding hydrogens is 287 g/mol. The van der Waals surface area contributed by atoms with Crippen LogP contribution in [0.5, 0.6) is 0 Å². The van der Waals surface area contributed by atoms with Gasteiger partial charge in [0.1, 0.15) is 11.9 Å². The van der Waals surface area contributed by atoms with Crippen LogP contribution in [-0.2, 0) is 16.6 Å². The number of aromatic nitrogens is 2. The van der Waals surface area contributed by atoms with Crippen molar-refractivity contribution in [3.05, 3.63) is 41.3 Å². The van der Waals surface area contributed by atoms with E-state index < -0.39 is 15.8 Å². The van der Waals surface area contributed by atoms with Gasteiger partial charge in [0.25, 0.3) is 0 Å². The summed E-state index contributed by atoms with van der Waals surface area (Å²) >= 11 is 0. The normalized spacial score (nSPS) is 11.2. The average Bonchev–Trinajstić information content (AvgIpc) is 2.83. The van der Waals surface area contributed by atoms with Crippen molar-refractivity contribution in [2.75, 3.05) is 0 Å². The van der Waals surface area contributed by atoms with Crippen LogP contribution in [0, 0.1) is 24.1 Å². The number of nitrogens with zero attached hydrogens (tertiary/aromatic N) is 3. The number of nitriles is 1. The highest BCUT2D eigenvalue weighted by Crippen LogP contribution is 2.14. The summed E-state index contributed by atoms with van der Waals surface area (Å²) in [7, 11) is -3.89. The summed E-state index contributed by atoms with van der Waals surface area (Å²) in [5.74, 6) is -0.291. The number of hydrogen-bond acceptors (Lipinski definition) is 6. The molecule has 0 unspecified atom stereocenters. The maximum Gasteiger partial charge on any atom is 0.241 e. The van der Waals surface area contributed by atoms with E-state index in [1.807, 2.05) is 0 Å². The second-order valence-electron chi connectivity index (χ2n) is 3.81. The van der Waals surface area contributed by atoms with E-state index >= 15 is 0 Å². The molecule has 0 aliphatic heterocycles. The van der Waals surface area contributed by atoms with E-state index in [1.165, 1.54) is 0 Å². The van der Waals surface area contributed by atoms with E-state index in [4.69, 9.17) is 9.78 Å². The predicted octanol–water partition coefficient (Wildman–Crippen LogP) is 0.867. The molecule has 1 N–H and O–H groups in total. The Bertz CT molecular complexity index is 779. The molecule has 0 bridgehead atoms. The fraction of sp³-hybridized carbons (Fsp3) is 0.182. The van der Waals surface area contributed by atoms with Crippen molar-refractivity contribution in [3.8, 4) is 6.07 Å². The number of nitrogens with one attached hydrogen (secondary N) is 1. The third kappa shape index (κ3) is 2.98. The number of halogens is 1. The van der Waals surface area contributed by atoms with Gasteiger partial charge in [0, 0.05) is 0 Å². The summed E-state index contributed by atoms with van der Waals surface area (Å²) in [5.41, 5.74) is -0.346. The van der Waals surface area contributed by atoms with Crippen LogP contribution < -0.4 is 4.72 Å². The Morgan fingerprint density at radius 1 is 1.50 bits per heavy atom. The summed E-state index contributed by atoms with van der Waals surface area (Å²) < 4.78 is 44.0. The van der Waals surface area contributed by atoms with Gasteiger partial charge in [0.15, 0.2) is 5.82 Å². The van der Waals surface area contributed by atoms with Gasteiger partial charge in [-0.3, -0.25) is 0 Å². The lowest BCUT2D eigenvalue weighted by molar-refractivity contribution is 0.372. The first kappa shape index (κ1) is 14.1. The molecular formula is C11H9FN4O3S. The van der Waals surface area contributed by atoms with E-state index in [0.29, 0.717) is 5.82 Å². The first-order valence-electron chi connectivity index (χ1n) is 5.41. The van der Waals surface area contributed by atoms with Gasteiger partial charge in [-0.2, -0.15) is 10.2 Å². The first-order valence-corrected chi connectivity index (χ1v) is 6.89. The van der Waals surface area contributed by atoms with Crippen molar-refractivity contribution in [1.82, 2.24) is 14.9 Å². The fourth-order valence-electron chi connectivity index (χ4n) is 1.41. The molecule has 0 radical (unpaired) electrons. The standard InChI is InChI=1S/C11H9FN4O3S/c1-7-15-11(19-16-7)6-14-20(17,18)9-2-3-10(12)8(4-9)5-13/h2-4,14H,6H2,1H3. The summed E-state index contributed by atoms with van der Waals surface area (Å²) in [5, 5.41) is 12.2. The Morgan fingerprint density at radius 3 is 2.85 bits per heavy atom. The summed E-state index contributed by atoms with van der Waals surface area (Å²) in [6, 6.07) is 4.52. The molecule has 0 atom stereocenters. The molecule has 104 valence electrons. The molecule has 0 aliphatic carbocycles. The molecule has 0 saturated heterocycles. The van der Waals surface area contributed by atoms with Gasteiger partial charge >= 0.3 is 0 Å². The van der Waals surface area contributed by atoms with Crippen LogP contribution in [0.15, 0.2) is 27.6 Å². The van der Waals surface area contributed by atoms with Crippen molar-refractivity contribution in [2.24, 2.45) is 0 Å². The van der Waals surface area contributed by atoms with Crippen LogP contribution in [0.4, 0.5) is 4.39 Å². The third-order valence-corrected chi connectivity index (χ3v) is 3.75. The van der Waals surface area contributed by atoms with Gasteiger partial charge in [-0.15, -0.1) is 0 Å². The predicted molar refractivity (Wildman–Crippen MR) is 64.2 cm³/mol. The van der Waals surface area contributed by atoms with Crippen molar-refractivity contribution in [1.29, 1.82) is 5.26 Å². The number of rotatable bonds is 4. The topological polar surface area (TPSA) is 109 Å². The molecule has 0 spiro atoms. The van der Waals surface area contributed by atoms with Gasteiger partial charge < -0.3 is 4.52 Å². The number of benzene rings is 1. The molecule has 7 nitrogen and oxygen atoms in total. The summed E-state index contributed by atoms with van der Waals surface area (Å²) in [6.07, 6.45) is 0. The minimum atomic E-state index is -3.89. The lowest BCUT2D eigenvalue weighted by atomic mass is 10.2. The molecule has 0 saturated carbocycles. The Hall–Kier alpha value is -2.31. The molecule has 9 heteroatoms. The minimum Gasteiger partial charge on any atom is -0.338 e. The second kappa shape index (κ2) is 5.36. The number of aryl methyl sites for hydroxylation is 1. The van der Waals surface area contributed by atoms with Crippen LogP contribution in [0.1, 0.15) is 17.3 Å². The Kier molecular flexibility index (Phi) is 3.78. The molecule has 1 heterocycles. The van der Waals surface area contributed by atoms with Gasteiger partial charge in [0.05, 0.1) is 17.0 Å². The lowest BCUT2D eigenvalue weighted by Gasteiger charge is -2.05. The molecule has 0 fully saturated rings. The highest BCUT2D eigenvalue weighted by molar-refractivity contribution is 7.89. The van der Waals surface area contributed by atoms with Gasteiger partial charge in [-0.1, -0.05) is 5.16 Å². The summed E-state index contributed by atoms with van der Waals surface area (Å²) in [6.45, 7) is 1.41. The third-order valence-electron chi connectivity index (χ3n) is 2.35. The maximum absolute atomic E-state index is 13.1. The van der Waals surface area contributed by atoms with E-state index in [-0.39, 0.29) is 22.9 Å². The van der Waals surface area contributed by atoms with E-state index in [9.17, 15) is 12.8 Å². The molecule has 0 aliphatic rings. The zero-order chi connectivity index (χ0) is 14.8. The van der Waals surface area contributed by atoms with Crippen LogP contribution in [0.2, 0.25) is 0 Å². The quantitative estimate of drug-likeness (QED) is 0.896. The fourth-order valence-corrected chi connectivity index (χ4v) is 2.41. The zero-order valence-electron chi connectivity index (χ0n) is 10.3. The van der Waals surface area contributed by atoms with Crippen LogP contribution in [0.3, 0.4) is 0 Å². The Morgan fingerprint density at radius 2 is 2.25 bits per heavy atom. The van der Waals surface area contributed by atoms with Crippen molar-refractivity contribution in [3.63, 3.8) is 0 Å².